The molecule has 0 aliphatic heterocycles. The van der Waals surface area contributed by atoms with E-state index in [2.05, 4.69) is 27.4 Å². The number of rotatable bonds is 3. The fourth-order valence-electron chi connectivity index (χ4n) is 3.36. The van der Waals surface area contributed by atoms with Crippen LogP contribution in [0, 0.1) is 19.8 Å². The number of carbonyl (C=O) groups is 1. The molecule has 9 heteroatoms. The molecule has 0 saturated heterocycles. The second-order valence-corrected chi connectivity index (χ2v) is 9.02. The van der Waals surface area contributed by atoms with Gasteiger partial charge in [0.15, 0.2) is 0 Å². The topological polar surface area (TPSA) is 89.8 Å². The van der Waals surface area contributed by atoms with E-state index < -0.39 is 0 Å². The number of nitrogens with one attached hydrogen (secondary N) is 1. The van der Waals surface area contributed by atoms with E-state index in [1.54, 1.807) is 18.3 Å². The number of aryl methyl sites for hydroxylation is 3. The number of anilines is 1. The van der Waals surface area contributed by atoms with Gasteiger partial charge >= 0.3 is 0 Å². The molecule has 3 heterocycles. The van der Waals surface area contributed by atoms with Crippen LogP contribution in [0.1, 0.15) is 34.6 Å². The molecule has 136 valence electrons. The summed E-state index contributed by atoms with van der Waals surface area (Å²) in [5, 5.41) is 12.4. The van der Waals surface area contributed by atoms with Gasteiger partial charge in [-0.25, -0.2) is 4.98 Å². The van der Waals surface area contributed by atoms with Crippen LogP contribution in [-0.4, -0.2) is 25.7 Å². The van der Waals surface area contributed by atoms with E-state index in [1.165, 1.54) is 20.8 Å². The average molecular weight is 390 g/mol. The first kappa shape index (κ1) is 17.3. The summed E-state index contributed by atoms with van der Waals surface area (Å²) in [6, 6.07) is 0. The lowest BCUT2D eigenvalue weighted by atomic mass is 9.89. The van der Waals surface area contributed by atoms with Gasteiger partial charge in [-0.2, -0.15) is 0 Å². The fraction of sp³-hybridized carbons (Fsp3) is 0.471. The van der Waals surface area contributed by atoms with Gasteiger partial charge in [0.2, 0.25) is 11.0 Å². The normalized spacial score (nSPS) is 16.7. The second-order valence-electron chi connectivity index (χ2n) is 6.76. The number of amides is 1. The van der Waals surface area contributed by atoms with E-state index in [4.69, 9.17) is 0 Å². The van der Waals surface area contributed by atoms with Gasteiger partial charge in [0, 0.05) is 4.88 Å². The van der Waals surface area contributed by atoms with Gasteiger partial charge < -0.3 is 0 Å². The zero-order valence-corrected chi connectivity index (χ0v) is 16.5. The Kier molecular flexibility index (Phi) is 4.36. The first-order valence-corrected chi connectivity index (χ1v) is 10.2. The Bertz CT molecular complexity index is 1070. The SMILES string of the molecule is Cc1nnc(NC(=O)Cn2c(C)nc3sc4c(c3c2=O)CCC(C)C4)s1. The van der Waals surface area contributed by atoms with Crippen molar-refractivity contribution in [3.05, 3.63) is 31.6 Å². The maximum atomic E-state index is 13.1. The van der Waals surface area contributed by atoms with Crippen molar-refractivity contribution >= 4 is 43.9 Å². The van der Waals surface area contributed by atoms with Crippen LogP contribution in [0.2, 0.25) is 0 Å². The third-order valence-corrected chi connectivity index (χ3v) is 6.58. The van der Waals surface area contributed by atoms with Crippen LogP contribution < -0.4 is 10.9 Å². The summed E-state index contributed by atoms with van der Waals surface area (Å²) >= 11 is 2.93. The van der Waals surface area contributed by atoms with Crippen LogP contribution in [0.4, 0.5) is 5.13 Å². The summed E-state index contributed by atoms with van der Waals surface area (Å²) in [5.74, 6) is 0.892. The second kappa shape index (κ2) is 6.55. The van der Waals surface area contributed by atoms with E-state index in [0.717, 1.165) is 34.7 Å². The number of carbonyl (C=O) groups excluding carboxylic acids is 1. The highest BCUT2D eigenvalue weighted by Gasteiger charge is 2.24. The molecule has 26 heavy (non-hydrogen) atoms. The van der Waals surface area contributed by atoms with Crippen LogP contribution in [0.3, 0.4) is 0 Å². The predicted octanol–water partition coefficient (Wildman–Crippen LogP) is 2.69. The zero-order valence-electron chi connectivity index (χ0n) is 14.8. The quantitative estimate of drug-likeness (QED) is 0.744. The van der Waals surface area contributed by atoms with Crippen molar-refractivity contribution in [2.75, 3.05) is 5.32 Å². The molecule has 0 spiro atoms. The Balaban J connectivity index is 1.69. The standard InChI is InChI=1S/C17H19N5O2S2/c1-8-4-5-11-12(6-8)26-15-14(11)16(24)22(9(2)18-15)7-13(23)19-17-21-20-10(3)25-17/h8H,4-7H2,1-3H3,(H,19,21,23). The van der Waals surface area contributed by atoms with Gasteiger partial charge in [0.05, 0.1) is 5.39 Å². The first-order chi connectivity index (χ1) is 12.4. The summed E-state index contributed by atoms with van der Waals surface area (Å²) in [4.78, 5) is 32.1. The molecule has 1 unspecified atom stereocenters. The van der Waals surface area contributed by atoms with Crippen LogP contribution >= 0.6 is 22.7 Å². The van der Waals surface area contributed by atoms with Crippen molar-refractivity contribution in [2.45, 2.75) is 46.6 Å². The Morgan fingerprint density at radius 3 is 2.85 bits per heavy atom. The van der Waals surface area contributed by atoms with E-state index in [9.17, 15) is 9.59 Å². The Hall–Kier alpha value is -2.13. The zero-order chi connectivity index (χ0) is 18.4. The molecule has 7 nitrogen and oxygen atoms in total. The molecule has 0 saturated carbocycles. The Morgan fingerprint density at radius 1 is 1.31 bits per heavy atom. The summed E-state index contributed by atoms with van der Waals surface area (Å²) in [7, 11) is 0. The van der Waals surface area contributed by atoms with Gasteiger partial charge in [-0.05, 0) is 44.6 Å². The van der Waals surface area contributed by atoms with Gasteiger partial charge in [-0.3, -0.25) is 19.5 Å². The minimum Gasteiger partial charge on any atom is -0.299 e. The molecular formula is C17H19N5O2S2. The molecule has 1 atom stereocenters. The van der Waals surface area contributed by atoms with Gasteiger partial charge in [-0.1, -0.05) is 18.3 Å². The molecule has 3 aromatic rings. The number of hydrogen-bond donors (Lipinski definition) is 1. The Morgan fingerprint density at radius 2 is 2.12 bits per heavy atom. The smallest absolute Gasteiger partial charge is 0.263 e. The van der Waals surface area contributed by atoms with Crippen LogP contribution in [0.15, 0.2) is 4.79 Å². The number of hydrogen-bond acceptors (Lipinski definition) is 7. The van der Waals surface area contributed by atoms with Crippen molar-refractivity contribution in [3.8, 4) is 0 Å². The number of fused-ring (bicyclic) bond motifs is 3. The van der Waals surface area contributed by atoms with Crippen molar-refractivity contribution in [2.24, 2.45) is 5.92 Å². The summed E-state index contributed by atoms with van der Waals surface area (Å²) in [5.41, 5.74) is 1.01. The molecule has 0 radical (unpaired) electrons. The summed E-state index contributed by atoms with van der Waals surface area (Å²) < 4.78 is 1.45. The van der Waals surface area contributed by atoms with E-state index in [1.807, 2.05) is 6.92 Å². The third-order valence-electron chi connectivity index (χ3n) is 4.68. The highest BCUT2D eigenvalue weighted by Crippen LogP contribution is 2.35. The van der Waals surface area contributed by atoms with E-state index in [-0.39, 0.29) is 18.0 Å². The minimum atomic E-state index is -0.301. The van der Waals surface area contributed by atoms with E-state index >= 15 is 0 Å². The third kappa shape index (κ3) is 3.05. The Labute approximate surface area is 158 Å². The lowest BCUT2D eigenvalue weighted by molar-refractivity contribution is -0.116. The van der Waals surface area contributed by atoms with Crippen LogP contribution in [0.5, 0.6) is 0 Å². The lowest BCUT2D eigenvalue weighted by Gasteiger charge is -2.17. The van der Waals surface area contributed by atoms with Crippen molar-refractivity contribution in [3.63, 3.8) is 0 Å². The molecule has 1 amide bonds. The number of nitrogens with zero attached hydrogens (tertiary/aromatic N) is 4. The van der Waals surface area contributed by atoms with Crippen molar-refractivity contribution in [1.29, 1.82) is 0 Å². The highest BCUT2D eigenvalue weighted by atomic mass is 32.1. The minimum absolute atomic E-state index is 0.0761. The molecule has 1 aliphatic rings. The molecular weight excluding hydrogens is 370 g/mol. The molecule has 0 fully saturated rings. The number of aromatic nitrogens is 4. The summed E-state index contributed by atoms with van der Waals surface area (Å²) in [6.45, 7) is 5.75. The van der Waals surface area contributed by atoms with E-state index in [0.29, 0.717) is 22.3 Å². The van der Waals surface area contributed by atoms with Crippen LogP contribution in [-0.2, 0) is 24.2 Å². The van der Waals surface area contributed by atoms with Gasteiger partial charge in [0.25, 0.3) is 5.56 Å². The van der Waals surface area contributed by atoms with Gasteiger partial charge in [-0.15, -0.1) is 21.5 Å². The number of thiophene rings is 1. The molecule has 0 bridgehead atoms. The van der Waals surface area contributed by atoms with Crippen molar-refractivity contribution in [1.82, 2.24) is 19.7 Å². The first-order valence-electron chi connectivity index (χ1n) is 8.54. The predicted molar refractivity (Wildman–Crippen MR) is 103 cm³/mol. The van der Waals surface area contributed by atoms with Crippen LogP contribution in [0.25, 0.3) is 10.2 Å². The molecule has 1 N–H and O–H groups in total. The fourth-order valence-corrected chi connectivity index (χ4v) is 5.39. The average Bonchev–Trinajstić information content (AvgIpc) is 3.13. The van der Waals surface area contributed by atoms with Gasteiger partial charge in [0.1, 0.15) is 22.2 Å². The highest BCUT2D eigenvalue weighted by molar-refractivity contribution is 7.18. The monoisotopic (exact) mass is 389 g/mol. The largest absolute Gasteiger partial charge is 0.299 e. The molecule has 1 aliphatic carbocycles. The lowest BCUT2D eigenvalue weighted by Crippen LogP contribution is -2.30. The van der Waals surface area contributed by atoms with Crippen molar-refractivity contribution < 1.29 is 4.79 Å². The molecule has 4 rings (SSSR count). The molecule has 3 aromatic heterocycles. The maximum Gasteiger partial charge on any atom is 0.263 e. The maximum absolute atomic E-state index is 13.1. The molecule has 0 aromatic carbocycles. The summed E-state index contributed by atoms with van der Waals surface area (Å²) in [6.07, 6.45) is 3.00.